The second-order valence-corrected chi connectivity index (χ2v) is 6.42. The fourth-order valence-electron chi connectivity index (χ4n) is 2.22. The van der Waals surface area contributed by atoms with E-state index in [0.717, 1.165) is 5.82 Å². The molecule has 0 saturated heterocycles. The SMILES string of the molecule is Cc1nc(SCCNC(=O)Nc2ccc3c(c2)OCC(=O)N3C)n[nH]1. The molecule has 0 saturated carbocycles. The lowest BCUT2D eigenvalue weighted by Gasteiger charge is -2.26. The number of carbonyl (C=O) groups is 2. The Hall–Kier alpha value is -2.75. The third-order valence-corrected chi connectivity index (χ3v) is 4.35. The van der Waals surface area contributed by atoms with Gasteiger partial charge in [0, 0.05) is 31.1 Å². The molecule has 2 aromatic rings. The highest BCUT2D eigenvalue weighted by molar-refractivity contribution is 7.99. The minimum atomic E-state index is -0.313. The van der Waals surface area contributed by atoms with Crippen molar-refractivity contribution in [1.29, 1.82) is 0 Å². The number of aromatic nitrogens is 3. The largest absolute Gasteiger partial charge is 0.481 e. The van der Waals surface area contributed by atoms with Crippen LogP contribution in [0, 0.1) is 6.92 Å². The van der Waals surface area contributed by atoms with Gasteiger partial charge in [0.25, 0.3) is 5.91 Å². The van der Waals surface area contributed by atoms with E-state index in [1.807, 2.05) is 6.92 Å². The summed E-state index contributed by atoms with van der Waals surface area (Å²) in [6.07, 6.45) is 0. The Morgan fingerprint density at radius 1 is 1.48 bits per heavy atom. The number of aromatic amines is 1. The van der Waals surface area contributed by atoms with Gasteiger partial charge in [0.2, 0.25) is 5.16 Å². The van der Waals surface area contributed by atoms with Crippen molar-refractivity contribution in [2.45, 2.75) is 12.1 Å². The van der Waals surface area contributed by atoms with Gasteiger partial charge < -0.3 is 20.3 Å². The molecule has 0 unspecified atom stereocenters. The highest BCUT2D eigenvalue weighted by atomic mass is 32.2. The smallest absolute Gasteiger partial charge is 0.319 e. The molecule has 1 aliphatic rings. The number of rotatable bonds is 5. The number of anilines is 2. The van der Waals surface area contributed by atoms with Crippen LogP contribution >= 0.6 is 11.8 Å². The summed E-state index contributed by atoms with van der Waals surface area (Å²) in [6.45, 7) is 2.30. The number of hydrogen-bond donors (Lipinski definition) is 3. The van der Waals surface area contributed by atoms with E-state index < -0.39 is 0 Å². The number of nitrogens with one attached hydrogen (secondary N) is 3. The van der Waals surface area contributed by atoms with Crippen LogP contribution in [-0.4, -0.2) is 53.1 Å². The Bertz CT molecular complexity index is 793. The molecular weight excluding hydrogens is 344 g/mol. The van der Waals surface area contributed by atoms with E-state index in [0.29, 0.717) is 34.6 Å². The van der Waals surface area contributed by atoms with Crippen LogP contribution in [0.1, 0.15) is 5.82 Å². The maximum atomic E-state index is 11.9. The molecule has 1 aromatic carbocycles. The number of benzene rings is 1. The number of carbonyl (C=O) groups excluding carboxylic acids is 2. The average Bonchev–Trinajstić information content (AvgIpc) is 3.00. The van der Waals surface area contributed by atoms with Crippen molar-refractivity contribution < 1.29 is 14.3 Å². The molecule has 2 heterocycles. The van der Waals surface area contributed by atoms with Gasteiger partial charge in [-0.05, 0) is 19.1 Å². The number of H-pyrrole nitrogens is 1. The van der Waals surface area contributed by atoms with Crippen molar-refractivity contribution in [3.8, 4) is 5.75 Å². The van der Waals surface area contributed by atoms with Crippen LogP contribution < -0.4 is 20.3 Å². The van der Waals surface area contributed by atoms with Gasteiger partial charge in [0.05, 0.1) is 5.69 Å². The monoisotopic (exact) mass is 362 g/mol. The lowest BCUT2D eigenvalue weighted by molar-refractivity contribution is -0.120. The van der Waals surface area contributed by atoms with E-state index in [4.69, 9.17) is 4.74 Å². The number of aryl methyl sites for hydroxylation is 1. The Morgan fingerprint density at radius 3 is 3.08 bits per heavy atom. The molecule has 0 fully saturated rings. The number of nitrogens with zero attached hydrogens (tertiary/aromatic N) is 3. The molecule has 132 valence electrons. The van der Waals surface area contributed by atoms with Crippen LogP contribution in [0.15, 0.2) is 23.4 Å². The fraction of sp³-hybridized carbons (Fsp3) is 0.333. The van der Waals surface area contributed by atoms with Crippen molar-refractivity contribution in [2.24, 2.45) is 0 Å². The van der Waals surface area contributed by atoms with E-state index >= 15 is 0 Å². The van der Waals surface area contributed by atoms with Crippen LogP contribution in [0.4, 0.5) is 16.2 Å². The number of likely N-dealkylation sites (N-methyl/N-ethyl adjacent to an activating group) is 1. The van der Waals surface area contributed by atoms with Gasteiger partial charge in [-0.3, -0.25) is 9.89 Å². The summed E-state index contributed by atoms with van der Waals surface area (Å²) < 4.78 is 5.39. The molecule has 0 bridgehead atoms. The molecule has 0 radical (unpaired) electrons. The van der Waals surface area contributed by atoms with Crippen molar-refractivity contribution >= 4 is 35.1 Å². The molecule has 10 heteroatoms. The number of amides is 3. The van der Waals surface area contributed by atoms with E-state index in [9.17, 15) is 9.59 Å². The Labute approximate surface area is 148 Å². The summed E-state index contributed by atoms with van der Waals surface area (Å²) in [5.41, 5.74) is 1.27. The molecule has 25 heavy (non-hydrogen) atoms. The van der Waals surface area contributed by atoms with Crippen LogP contribution in [-0.2, 0) is 4.79 Å². The summed E-state index contributed by atoms with van der Waals surface area (Å²) in [6, 6.07) is 4.85. The summed E-state index contributed by atoms with van der Waals surface area (Å²) in [5, 5.41) is 12.9. The van der Waals surface area contributed by atoms with Crippen molar-refractivity contribution in [3.05, 3.63) is 24.0 Å². The van der Waals surface area contributed by atoms with Gasteiger partial charge in [-0.1, -0.05) is 11.8 Å². The molecule has 9 nitrogen and oxygen atoms in total. The number of thioether (sulfide) groups is 1. The zero-order valence-corrected chi connectivity index (χ0v) is 14.6. The minimum absolute atomic E-state index is 0.00290. The molecule has 3 N–H and O–H groups in total. The summed E-state index contributed by atoms with van der Waals surface area (Å²) in [5.74, 6) is 1.88. The van der Waals surface area contributed by atoms with Crippen LogP contribution in [0.25, 0.3) is 0 Å². The Balaban J connectivity index is 1.47. The lowest BCUT2D eigenvalue weighted by Crippen LogP contribution is -2.35. The summed E-state index contributed by atoms with van der Waals surface area (Å²) >= 11 is 1.46. The van der Waals surface area contributed by atoms with Gasteiger partial charge in [-0.25, -0.2) is 9.78 Å². The fourth-order valence-corrected chi connectivity index (χ4v) is 2.92. The second-order valence-electron chi connectivity index (χ2n) is 5.36. The zero-order valence-electron chi connectivity index (χ0n) is 13.8. The number of fused-ring (bicyclic) bond motifs is 1. The lowest BCUT2D eigenvalue weighted by atomic mass is 10.2. The van der Waals surface area contributed by atoms with Gasteiger partial charge >= 0.3 is 6.03 Å². The molecule has 3 amide bonds. The molecule has 0 spiro atoms. The first-order valence-corrected chi connectivity index (χ1v) is 8.61. The van der Waals surface area contributed by atoms with E-state index in [1.165, 1.54) is 16.7 Å². The van der Waals surface area contributed by atoms with Gasteiger partial charge in [-0.2, -0.15) is 0 Å². The zero-order chi connectivity index (χ0) is 17.8. The number of ether oxygens (including phenoxy) is 1. The van der Waals surface area contributed by atoms with Crippen molar-refractivity contribution in [1.82, 2.24) is 20.5 Å². The van der Waals surface area contributed by atoms with E-state index in [1.54, 1.807) is 25.2 Å². The molecule has 1 aliphatic heterocycles. The summed E-state index contributed by atoms with van der Waals surface area (Å²) in [4.78, 5) is 29.2. The van der Waals surface area contributed by atoms with E-state index in [2.05, 4.69) is 25.8 Å². The third kappa shape index (κ3) is 4.21. The molecule has 1 aromatic heterocycles. The molecular formula is C15H18N6O3S. The standard InChI is InChI=1S/C15H18N6O3S/c1-9-17-15(20-19-9)25-6-5-16-14(23)18-10-3-4-11-12(7-10)24-8-13(22)21(11)2/h3-4,7H,5-6,8H2,1-2H3,(H2,16,18,23)(H,17,19,20). The molecule has 3 rings (SSSR count). The number of urea groups is 1. The van der Waals surface area contributed by atoms with E-state index in [-0.39, 0.29) is 18.5 Å². The number of hydrogen-bond acceptors (Lipinski definition) is 6. The van der Waals surface area contributed by atoms with Gasteiger partial charge in [-0.15, -0.1) is 5.10 Å². The quantitative estimate of drug-likeness (QED) is 0.547. The highest BCUT2D eigenvalue weighted by Gasteiger charge is 2.22. The predicted molar refractivity (Wildman–Crippen MR) is 94.2 cm³/mol. The summed E-state index contributed by atoms with van der Waals surface area (Å²) in [7, 11) is 1.69. The normalized spacial score (nSPS) is 13.2. The first kappa shape index (κ1) is 17.1. The maximum Gasteiger partial charge on any atom is 0.319 e. The predicted octanol–water partition coefficient (Wildman–Crippen LogP) is 1.38. The highest BCUT2D eigenvalue weighted by Crippen LogP contribution is 2.33. The van der Waals surface area contributed by atoms with Crippen molar-refractivity contribution in [3.63, 3.8) is 0 Å². The Morgan fingerprint density at radius 2 is 2.32 bits per heavy atom. The first-order valence-electron chi connectivity index (χ1n) is 7.63. The van der Waals surface area contributed by atoms with Crippen molar-refractivity contribution in [2.75, 3.05) is 36.2 Å². The molecule has 0 aliphatic carbocycles. The maximum absolute atomic E-state index is 11.9. The third-order valence-electron chi connectivity index (χ3n) is 3.50. The van der Waals surface area contributed by atoms with Gasteiger partial charge in [0.1, 0.15) is 11.6 Å². The average molecular weight is 362 g/mol. The van der Waals surface area contributed by atoms with Crippen LogP contribution in [0.3, 0.4) is 0 Å². The Kier molecular flexibility index (Phi) is 5.08. The first-order chi connectivity index (χ1) is 12.0. The second kappa shape index (κ2) is 7.43. The van der Waals surface area contributed by atoms with Crippen LogP contribution in [0.5, 0.6) is 5.75 Å². The van der Waals surface area contributed by atoms with Gasteiger partial charge in [0.15, 0.2) is 6.61 Å². The minimum Gasteiger partial charge on any atom is -0.481 e. The molecule has 0 atom stereocenters. The van der Waals surface area contributed by atoms with Crippen LogP contribution in [0.2, 0.25) is 0 Å². The topological polar surface area (TPSA) is 112 Å².